The molecular weight excluding hydrogens is 302 g/mol. The third-order valence-electron chi connectivity index (χ3n) is 3.33. The average Bonchev–Trinajstić information content (AvgIpc) is 2.38. The summed E-state index contributed by atoms with van der Waals surface area (Å²) in [5.74, 6) is -1.31. The van der Waals surface area contributed by atoms with Crippen LogP contribution in [-0.2, 0) is 20.6 Å². The van der Waals surface area contributed by atoms with Crippen LogP contribution in [-0.4, -0.2) is 36.4 Å². The van der Waals surface area contributed by atoms with Crippen LogP contribution in [0.25, 0.3) is 0 Å². The van der Waals surface area contributed by atoms with Crippen molar-refractivity contribution in [3.63, 3.8) is 0 Å². The third kappa shape index (κ3) is 3.50. The predicted octanol–water partition coefficient (Wildman–Crippen LogP) is 2.11. The zero-order valence-corrected chi connectivity index (χ0v) is 12.4. The molecule has 1 N–H and O–H groups in total. The monoisotopic (exact) mass is 317 g/mol. The van der Waals surface area contributed by atoms with E-state index in [9.17, 15) is 13.2 Å². The summed E-state index contributed by atoms with van der Waals surface area (Å²) < 4.78 is 25.9. The smallest absolute Gasteiger partial charge is 0.322 e. The van der Waals surface area contributed by atoms with E-state index in [1.807, 2.05) is 0 Å². The van der Waals surface area contributed by atoms with E-state index in [-0.39, 0.29) is 12.3 Å². The van der Waals surface area contributed by atoms with Crippen molar-refractivity contribution >= 4 is 27.6 Å². The molecule has 0 amide bonds. The normalized spacial score (nSPS) is 20.8. The molecule has 2 rings (SSSR count). The standard InChI is InChI=1S/C13H16ClNO4S/c14-11-5-3-4-10(8-11)9-20(18,19)15-7-2-1-6-12(15)13(16)17/h3-5,8,12H,1-2,6-7,9H2,(H,16,17). The molecule has 0 radical (unpaired) electrons. The van der Waals surface area contributed by atoms with Gasteiger partial charge in [0.15, 0.2) is 0 Å². The number of hydrogen-bond acceptors (Lipinski definition) is 3. The molecule has 0 bridgehead atoms. The molecule has 7 heteroatoms. The van der Waals surface area contributed by atoms with Gasteiger partial charge in [-0.25, -0.2) is 8.42 Å². The molecule has 1 aliphatic heterocycles. The van der Waals surface area contributed by atoms with Gasteiger partial charge >= 0.3 is 5.97 Å². The van der Waals surface area contributed by atoms with Gasteiger partial charge in [-0.2, -0.15) is 4.31 Å². The second kappa shape index (κ2) is 6.11. The SMILES string of the molecule is O=C(O)C1CCCCN1S(=O)(=O)Cc1cccc(Cl)c1. The van der Waals surface area contributed by atoms with Crippen LogP contribution in [0.4, 0.5) is 0 Å². The van der Waals surface area contributed by atoms with Gasteiger partial charge in [-0.1, -0.05) is 23.7 Å². The lowest BCUT2D eigenvalue weighted by Gasteiger charge is -2.31. The Hall–Kier alpha value is -1.11. The van der Waals surface area contributed by atoms with Crippen LogP contribution in [0.2, 0.25) is 5.02 Å². The Bertz CT molecular complexity index is 602. The Morgan fingerprint density at radius 1 is 1.40 bits per heavy atom. The maximum Gasteiger partial charge on any atom is 0.322 e. The van der Waals surface area contributed by atoms with Gasteiger partial charge in [-0.3, -0.25) is 4.79 Å². The highest BCUT2D eigenvalue weighted by molar-refractivity contribution is 7.88. The fourth-order valence-corrected chi connectivity index (χ4v) is 4.38. The summed E-state index contributed by atoms with van der Waals surface area (Å²) in [7, 11) is -3.65. The number of carbonyl (C=O) groups is 1. The number of halogens is 1. The first-order chi connectivity index (χ1) is 9.40. The van der Waals surface area contributed by atoms with Crippen molar-refractivity contribution < 1.29 is 18.3 Å². The van der Waals surface area contributed by atoms with E-state index < -0.39 is 22.0 Å². The molecule has 0 saturated carbocycles. The van der Waals surface area contributed by atoms with Crippen molar-refractivity contribution in [2.75, 3.05) is 6.54 Å². The number of rotatable bonds is 4. The van der Waals surface area contributed by atoms with Gasteiger partial charge in [-0.05, 0) is 37.0 Å². The first-order valence-corrected chi connectivity index (χ1v) is 8.35. The highest BCUT2D eigenvalue weighted by Crippen LogP contribution is 2.23. The van der Waals surface area contributed by atoms with E-state index in [0.29, 0.717) is 23.4 Å². The quantitative estimate of drug-likeness (QED) is 0.923. The summed E-state index contributed by atoms with van der Waals surface area (Å²) in [5.41, 5.74) is 0.562. The molecule has 1 atom stereocenters. The van der Waals surface area contributed by atoms with Crippen LogP contribution in [0, 0.1) is 0 Å². The van der Waals surface area contributed by atoms with Gasteiger partial charge in [0.05, 0.1) is 5.75 Å². The van der Waals surface area contributed by atoms with Gasteiger partial charge in [0.25, 0.3) is 0 Å². The van der Waals surface area contributed by atoms with Gasteiger partial charge < -0.3 is 5.11 Å². The maximum atomic E-state index is 12.4. The van der Waals surface area contributed by atoms with E-state index in [1.54, 1.807) is 24.3 Å². The van der Waals surface area contributed by atoms with E-state index in [1.165, 1.54) is 0 Å². The summed E-state index contributed by atoms with van der Waals surface area (Å²) in [5, 5.41) is 9.62. The molecule has 20 heavy (non-hydrogen) atoms. The van der Waals surface area contributed by atoms with Crippen LogP contribution in [0.1, 0.15) is 24.8 Å². The zero-order valence-electron chi connectivity index (χ0n) is 10.8. The highest BCUT2D eigenvalue weighted by atomic mass is 35.5. The molecule has 1 saturated heterocycles. The number of hydrogen-bond donors (Lipinski definition) is 1. The molecule has 1 heterocycles. The fraction of sp³-hybridized carbons (Fsp3) is 0.462. The van der Waals surface area contributed by atoms with Crippen LogP contribution in [0.15, 0.2) is 24.3 Å². The largest absolute Gasteiger partial charge is 0.480 e. The number of sulfonamides is 1. The zero-order chi connectivity index (χ0) is 14.8. The minimum Gasteiger partial charge on any atom is -0.480 e. The summed E-state index contributed by atoms with van der Waals surface area (Å²) in [6.07, 6.45) is 1.79. The molecule has 1 unspecified atom stereocenters. The van der Waals surface area contributed by atoms with Crippen molar-refractivity contribution in [1.82, 2.24) is 4.31 Å². The number of carboxylic acids is 1. The number of aliphatic carboxylic acids is 1. The molecule has 110 valence electrons. The second-order valence-corrected chi connectivity index (χ2v) is 7.20. The first kappa shape index (κ1) is 15.3. The minimum absolute atomic E-state index is 0.225. The van der Waals surface area contributed by atoms with Crippen LogP contribution in [0.3, 0.4) is 0 Å². The Balaban J connectivity index is 2.22. The second-order valence-electron chi connectivity index (χ2n) is 4.85. The number of piperidine rings is 1. The number of nitrogens with zero attached hydrogens (tertiary/aromatic N) is 1. The molecule has 0 aromatic heterocycles. The van der Waals surface area contributed by atoms with E-state index >= 15 is 0 Å². The minimum atomic E-state index is -3.65. The first-order valence-electron chi connectivity index (χ1n) is 6.37. The van der Waals surface area contributed by atoms with Gasteiger partial charge in [-0.15, -0.1) is 0 Å². The van der Waals surface area contributed by atoms with Crippen LogP contribution < -0.4 is 0 Å². The van der Waals surface area contributed by atoms with Crippen LogP contribution >= 0.6 is 11.6 Å². The predicted molar refractivity (Wildman–Crippen MR) is 76.1 cm³/mol. The molecule has 0 spiro atoms. The Morgan fingerprint density at radius 2 is 2.15 bits per heavy atom. The van der Waals surface area contributed by atoms with Crippen LogP contribution in [0.5, 0.6) is 0 Å². The third-order valence-corrected chi connectivity index (χ3v) is 5.42. The van der Waals surface area contributed by atoms with Crippen molar-refractivity contribution in [3.8, 4) is 0 Å². The number of carboxylic acid groups (broad SMARTS) is 1. The molecular formula is C13H16ClNO4S. The average molecular weight is 318 g/mol. The lowest BCUT2D eigenvalue weighted by molar-refractivity contribution is -0.142. The Morgan fingerprint density at radius 3 is 2.80 bits per heavy atom. The topological polar surface area (TPSA) is 74.7 Å². The van der Waals surface area contributed by atoms with Gasteiger partial charge in [0, 0.05) is 11.6 Å². The lowest BCUT2D eigenvalue weighted by atomic mass is 10.1. The Kier molecular flexibility index (Phi) is 4.67. The van der Waals surface area contributed by atoms with Gasteiger partial charge in [0.1, 0.15) is 6.04 Å². The number of benzene rings is 1. The van der Waals surface area contributed by atoms with Crippen molar-refractivity contribution in [2.24, 2.45) is 0 Å². The van der Waals surface area contributed by atoms with Crippen molar-refractivity contribution in [3.05, 3.63) is 34.9 Å². The van der Waals surface area contributed by atoms with E-state index in [4.69, 9.17) is 16.7 Å². The van der Waals surface area contributed by atoms with E-state index in [2.05, 4.69) is 0 Å². The molecule has 1 aromatic carbocycles. The fourth-order valence-electron chi connectivity index (χ4n) is 2.41. The molecule has 1 fully saturated rings. The summed E-state index contributed by atoms with van der Waals surface area (Å²) in [4.78, 5) is 11.2. The molecule has 1 aromatic rings. The summed E-state index contributed by atoms with van der Waals surface area (Å²) >= 11 is 5.84. The lowest BCUT2D eigenvalue weighted by Crippen LogP contribution is -2.48. The van der Waals surface area contributed by atoms with Crippen molar-refractivity contribution in [1.29, 1.82) is 0 Å². The molecule has 5 nitrogen and oxygen atoms in total. The summed E-state index contributed by atoms with van der Waals surface area (Å²) in [6.45, 7) is 0.264. The van der Waals surface area contributed by atoms with E-state index in [0.717, 1.165) is 10.7 Å². The highest BCUT2D eigenvalue weighted by Gasteiger charge is 2.36. The maximum absolute atomic E-state index is 12.4. The molecule has 1 aliphatic rings. The Labute approximate surface area is 123 Å². The summed E-state index contributed by atoms with van der Waals surface area (Å²) in [6, 6.07) is 5.64. The van der Waals surface area contributed by atoms with Crippen molar-refractivity contribution in [2.45, 2.75) is 31.1 Å². The van der Waals surface area contributed by atoms with Gasteiger partial charge in [0.2, 0.25) is 10.0 Å². The molecule has 0 aliphatic carbocycles.